The predicted molar refractivity (Wildman–Crippen MR) is 60.2 cm³/mol. The molecule has 0 aromatic heterocycles. The Labute approximate surface area is 95.7 Å². The van der Waals surface area contributed by atoms with Gasteiger partial charge in [0.15, 0.2) is 11.4 Å². The number of rotatable bonds is 0. The van der Waals surface area contributed by atoms with E-state index in [1.54, 1.807) is 0 Å². The molecule has 1 saturated carbocycles. The summed E-state index contributed by atoms with van der Waals surface area (Å²) in [5, 5.41) is 10.0. The second kappa shape index (κ2) is 3.55. The molecule has 4 heteroatoms. The van der Waals surface area contributed by atoms with E-state index in [1.165, 1.54) is 0 Å². The predicted octanol–water partition coefficient (Wildman–Crippen LogP) is 1.66. The number of hydrogen-bond donors (Lipinski definition) is 1. The summed E-state index contributed by atoms with van der Waals surface area (Å²) in [4.78, 5) is 16.3. The van der Waals surface area contributed by atoms with E-state index in [9.17, 15) is 9.90 Å². The van der Waals surface area contributed by atoms with Crippen LogP contribution >= 0.6 is 0 Å². The first-order chi connectivity index (χ1) is 7.36. The van der Waals surface area contributed by atoms with Crippen LogP contribution in [-0.2, 0) is 9.53 Å². The molecule has 2 aliphatic rings. The van der Waals surface area contributed by atoms with Crippen LogP contribution in [0.15, 0.2) is 4.99 Å². The van der Waals surface area contributed by atoms with Gasteiger partial charge in [0.2, 0.25) is 0 Å². The summed E-state index contributed by atoms with van der Waals surface area (Å²) in [5.74, 6) is 0.0862. The summed E-state index contributed by atoms with van der Waals surface area (Å²) in [6.45, 7) is 5.86. The van der Waals surface area contributed by atoms with Crippen LogP contribution in [0.5, 0.6) is 0 Å². The molecular formula is C12H19NO3. The molecular weight excluding hydrogens is 206 g/mol. The van der Waals surface area contributed by atoms with E-state index in [0.29, 0.717) is 18.7 Å². The smallest absolute Gasteiger partial charge is 0.343 e. The van der Waals surface area contributed by atoms with Crippen molar-refractivity contribution in [2.45, 2.75) is 58.1 Å². The van der Waals surface area contributed by atoms with E-state index in [2.05, 4.69) is 4.99 Å². The fourth-order valence-electron chi connectivity index (χ4n) is 2.25. The summed E-state index contributed by atoms with van der Waals surface area (Å²) in [6, 6.07) is 0. The third kappa shape index (κ3) is 1.65. The van der Waals surface area contributed by atoms with Crippen molar-refractivity contribution in [3.63, 3.8) is 0 Å². The van der Waals surface area contributed by atoms with E-state index in [0.717, 1.165) is 12.8 Å². The van der Waals surface area contributed by atoms with Crippen LogP contribution < -0.4 is 0 Å². The molecule has 4 nitrogen and oxygen atoms in total. The normalized spacial score (nSPS) is 35.1. The number of nitrogens with zero attached hydrogens (tertiary/aromatic N) is 1. The lowest BCUT2D eigenvalue weighted by Crippen LogP contribution is -2.48. The number of aliphatic imine (C=N–C) groups is 1. The van der Waals surface area contributed by atoms with Crippen molar-refractivity contribution in [3.05, 3.63) is 0 Å². The van der Waals surface area contributed by atoms with Crippen molar-refractivity contribution < 1.29 is 14.6 Å². The molecule has 0 amide bonds. The summed E-state index contributed by atoms with van der Waals surface area (Å²) in [7, 11) is 0. The molecule has 2 rings (SSSR count). The third-order valence-electron chi connectivity index (χ3n) is 3.32. The zero-order valence-corrected chi connectivity index (χ0v) is 10.1. The number of esters is 1. The second-order valence-electron chi connectivity index (χ2n) is 5.74. The quantitative estimate of drug-likeness (QED) is 0.638. The fourth-order valence-corrected chi connectivity index (χ4v) is 2.25. The Morgan fingerprint density at radius 1 is 1.44 bits per heavy atom. The highest BCUT2D eigenvalue weighted by atomic mass is 16.6. The van der Waals surface area contributed by atoms with Gasteiger partial charge >= 0.3 is 5.97 Å². The Morgan fingerprint density at radius 3 is 2.62 bits per heavy atom. The average molecular weight is 225 g/mol. The van der Waals surface area contributed by atoms with Gasteiger partial charge in [-0.1, -0.05) is 33.6 Å². The topological polar surface area (TPSA) is 58.9 Å². The van der Waals surface area contributed by atoms with E-state index in [-0.39, 0.29) is 11.4 Å². The lowest BCUT2D eigenvalue weighted by atomic mass is 9.80. The highest BCUT2D eigenvalue weighted by molar-refractivity contribution is 6.02. The van der Waals surface area contributed by atoms with Crippen molar-refractivity contribution in [2.24, 2.45) is 10.4 Å². The molecule has 0 aromatic rings. The van der Waals surface area contributed by atoms with Gasteiger partial charge in [-0.05, 0) is 12.8 Å². The summed E-state index contributed by atoms with van der Waals surface area (Å²) >= 11 is 0. The van der Waals surface area contributed by atoms with Gasteiger partial charge in [-0.3, -0.25) is 0 Å². The maximum atomic E-state index is 11.9. The van der Waals surface area contributed by atoms with Crippen LogP contribution in [0.2, 0.25) is 0 Å². The van der Waals surface area contributed by atoms with E-state index in [4.69, 9.17) is 4.74 Å². The number of ether oxygens (including phenoxy) is 1. The summed E-state index contributed by atoms with van der Waals surface area (Å²) in [6.07, 6.45) is 2.43. The van der Waals surface area contributed by atoms with Crippen LogP contribution in [0, 0.1) is 5.41 Å². The molecule has 0 bridgehead atoms. The van der Waals surface area contributed by atoms with Gasteiger partial charge in [0, 0.05) is 5.41 Å². The maximum absolute atomic E-state index is 11.9. The highest BCUT2D eigenvalue weighted by Gasteiger charge is 2.53. The molecule has 1 spiro atoms. The van der Waals surface area contributed by atoms with E-state index in [1.807, 2.05) is 20.8 Å². The molecule has 2 atom stereocenters. The van der Waals surface area contributed by atoms with Gasteiger partial charge in [-0.25, -0.2) is 9.79 Å². The number of hydrogen-bond acceptors (Lipinski definition) is 4. The average Bonchev–Trinajstić information content (AvgIpc) is 2.50. The van der Waals surface area contributed by atoms with Gasteiger partial charge in [-0.15, -0.1) is 0 Å². The van der Waals surface area contributed by atoms with E-state index >= 15 is 0 Å². The molecule has 1 fully saturated rings. The molecule has 90 valence electrons. The van der Waals surface area contributed by atoms with Crippen molar-refractivity contribution in [3.8, 4) is 0 Å². The number of aliphatic hydroxyl groups is 1. The summed E-state index contributed by atoms with van der Waals surface area (Å²) < 4.78 is 5.24. The Morgan fingerprint density at radius 2 is 2.12 bits per heavy atom. The largest absolute Gasteiger partial charge is 0.409 e. The molecule has 0 radical (unpaired) electrons. The number of cyclic esters (lactones) is 1. The molecule has 1 aliphatic carbocycles. The fraction of sp³-hybridized carbons (Fsp3) is 0.833. The minimum absolute atomic E-state index is 0.281. The standard InChI is InChI=1S/C12H19NO3/c1-11(2,3)9-13-12(10(15)16-9)7-5-4-6-8(12)14/h8,14H,4-7H2,1-3H3/t8-,12+/m1/s1. The van der Waals surface area contributed by atoms with Gasteiger partial charge in [0.1, 0.15) is 0 Å². The minimum atomic E-state index is -0.999. The minimum Gasteiger partial charge on any atom is -0.409 e. The first kappa shape index (κ1) is 11.6. The van der Waals surface area contributed by atoms with Crippen molar-refractivity contribution in [1.29, 1.82) is 0 Å². The lowest BCUT2D eigenvalue weighted by molar-refractivity contribution is -0.145. The maximum Gasteiger partial charge on any atom is 0.343 e. The van der Waals surface area contributed by atoms with Gasteiger partial charge in [0.25, 0.3) is 0 Å². The SMILES string of the molecule is CC(C)(C)C1=N[C@]2(CCCC[C@H]2O)C(=O)O1. The molecule has 1 aliphatic heterocycles. The number of carbonyl (C=O) groups is 1. The van der Waals surface area contributed by atoms with E-state index < -0.39 is 11.6 Å². The van der Waals surface area contributed by atoms with Crippen molar-refractivity contribution in [1.82, 2.24) is 0 Å². The monoisotopic (exact) mass is 225 g/mol. The van der Waals surface area contributed by atoms with Crippen molar-refractivity contribution in [2.75, 3.05) is 0 Å². The van der Waals surface area contributed by atoms with Gasteiger partial charge < -0.3 is 9.84 Å². The van der Waals surface area contributed by atoms with Gasteiger partial charge in [-0.2, -0.15) is 0 Å². The number of carbonyl (C=O) groups excluding carboxylic acids is 1. The van der Waals surface area contributed by atoms with Crippen molar-refractivity contribution >= 4 is 11.9 Å². The highest BCUT2D eigenvalue weighted by Crippen LogP contribution is 2.39. The Bertz CT molecular complexity index is 343. The van der Waals surface area contributed by atoms with Gasteiger partial charge in [0.05, 0.1) is 6.10 Å². The molecule has 1 N–H and O–H groups in total. The Kier molecular flexibility index (Phi) is 2.57. The van der Waals surface area contributed by atoms with Crippen LogP contribution in [-0.4, -0.2) is 28.6 Å². The van der Waals surface area contributed by atoms with Crippen LogP contribution in [0.4, 0.5) is 0 Å². The molecule has 0 saturated heterocycles. The first-order valence-corrected chi connectivity index (χ1v) is 5.87. The molecule has 0 aromatic carbocycles. The molecule has 0 unspecified atom stereocenters. The lowest BCUT2D eigenvalue weighted by Gasteiger charge is -2.31. The third-order valence-corrected chi connectivity index (χ3v) is 3.32. The first-order valence-electron chi connectivity index (χ1n) is 5.87. The van der Waals surface area contributed by atoms with Crippen LogP contribution in [0.25, 0.3) is 0 Å². The molecule has 16 heavy (non-hydrogen) atoms. The Balaban J connectivity index is 2.34. The van der Waals surface area contributed by atoms with Crippen LogP contribution in [0.1, 0.15) is 46.5 Å². The summed E-state index contributed by atoms with van der Waals surface area (Å²) in [5.41, 5.74) is -1.28. The molecule has 1 heterocycles. The van der Waals surface area contributed by atoms with Crippen LogP contribution in [0.3, 0.4) is 0 Å². The zero-order chi connectivity index (χ0) is 12.0. The Hall–Kier alpha value is -0.900. The number of aliphatic hydroxyl groups excluding tert-OH is 1. The second-order valence-corrected chi connectivity index (χ2v) is 5.74. The zero-order valence-electron chi connectivity index (χ0n) is 10.1.